The molecule has 8 nitrogen and oxygen atoms in total. The SMILES string of the molecule is N#CC(=Cc1c[nH]c2nccc(OCC(O)CO)c12)C(N)=O. The molecule has 0 aliphatic heterocycles. The molecule has 0 saturated heterocycles. The van der Waals surface area contributed by atoms with Gasteiger partial charge in [-0.2, -0.15) is 5.26 Å². The number of pyridine rings is 1. The highest BCUT2D eigenvalue weighted by Gasteiger charge is 2.13. The Kier molecular flexibility index (Phi) is 4.73. The molecule has 2 aromatic heterocycles. The molecule has 0 bridgehead atoms. The van der Waals surface area contributed by atoms with E-state index in [9.17, 15) is 9.90 Å². The Morgan fingerprint density at radius 3 is 3.05 bits per heavy atom. The lowest BCUT2D eigenvalue weighted by Crippen LogP contribution is -2.21. The van der Waals surface area contributed by atoms with Crippen LogP contribution in [-0.4, -0.2) is 45.4 Å². The summed E-state index contributed by atoms with van der Waals surface area (Å²) in [5, 5.41) is 27.6. The van der Waals surface area contributed by atoms with E-state index in [1.165, 1.54) is 12.3 Å². The molecule has 2 heterocycles. The Hall–Kier alpha value is -2.89. The monoisotopic (exact) mass is 302 g/mol. The number of hydrogen-bond donors (Lipinski definition) is 4. The van der Waals surface area contributed by atoms with Gasteiger partial charge >= 0.3 is 0 Å². The van der Waals surface area contributed by atoms with E-state index in [2.05, 4.69) is 9.97 Å². The predicted octanol–water partition coefficient (Wildman–Crippen LogP) is -0.313. The maximum Gasteiger partial charge on any atom is 0.259 e. The van der Waals surface area contributed by atoms with E-state index in [0.29, 0.717) is 22.3 Å². The third-order valence-corrected chi connectivity index (χ3v) is 2.89. The van der Waals surface area contributed by atoms with Crippen molar-refractivity contribution in [1.29, 1.82) is 5.26 Å². The van der Waals surface area contributed by atoms with Gasteiger partial charge in [0.25, 0.3) is 5.91 Å². The number of nitrogens with two attached hydrogens (primary N) is 1. The Balaban J connectivity index is 2.45. The molecule has 0 spiro atoms. The zero-order valence-electron chi connectivity index (χ0n) is 11.5. The van der Waals surface area contributed by atoms with Gasteiger partial charge in [-0.25, -0.2) is 4.98 Å². The Morgan fingerprint density at radius 1 is 1.64 bits per heavy atom. The summed E-state index contributed by atoms with van der Waals surface area (Å²) >= 11 is 0. The highest BCUT2D eigenvalue weighted by atomic mass is 16.5. The van der Waals surface area contributed by atoms with Crippen molar-refractivity contribution in [1.82, 2.24) is 9.97 Å². The van der Waals surface area contributed by atoms with Gasteiger partial charge in [0.05, 0.1) is 12.0 Å². The minimum Gasteiger partial charge on any atom is -0.490 e. The van der Waals surface area contributed by atoms with Crippen molar-refractivity contribution in [3.8, 4) is 11.8 Å². The second-order valence-corrected chi connectivity index (χ2v) is 4.46. The molecule has 114 valence electrons. The van der Waals surface area contributed by atoms with E-state index in [-0.39, 0.29) is 12.2 Å². The normalized spacial score (nSPS) is 12.9. The van der Waals surface area contributed by atoms with E-state index in [1.807, 2.05) is 0 Å². The van der Waals surface area contributed by atoms with Gasteiger partial charge in [-0.15, -0.1) is 0 Å². The zero-order chi connectivity index (χ0) is 16.1. The van der Waals surface area contributed by atoms with E-state index < -0.39 is 18.6 Å². The lowest BCUT2D eigenvalue weighted by molar-refractivity contribution is -0.114. The topological polar surface area (TPSA) is 145 Å². The van der Waals surface area contributed by atoms with E-state index in [0.717, 1.165) is 0 Å². The first-order valence-corrected chi connectivity index (χ1v) is 6.36. The molecule has 22 heavy (non-hydrogen) atoms. The van der Waals surface area contributed by atoms with Crippen molar-refractivity contribution in [2.24, 2.45) is 5.73 Å². The molecule has 2 rings (SSSR count). The van der Waals surface area contributed by atoms with Crippen molar-refractivity contribution in [2.75, 3.05) is 13.2 Å². The van der Waals surface area contributed by atoms with Crippen LogP contribution in [0.5, 0.6) is 5.75 Å². The smallest absolute Gasteiger partial charge is 0.259 e. The maximum absolute atomic E-state index is 11.1. The number of aromatic nitrogens is 2. The number of H-pyrrole nitrogens is 1. The van der Waals surface area contributed by atoms with E-state index in [1.54, 1.807) is 18.3 Å². The number of amides is 1. The number of primary amides is 1. The van der Waals surface area contributed by atoms with Crippen molar-refractivity contribution in [3.05, 3.63) is 29.6 Å². The van der Waals surface area contributed by atoms with Crippen LogP contribution in [-0.2, 0) is 4.79 Å². The third-order valence-electron chi connectivity index (χ3n) is 2.89. The first kappa shape index (κ1) is 15.5. The maximum atomic E-state index is 11.1. The number of rotatable bonds is 6. The summed E-state index contributed by atoms with van der Waals surface area (Å²) in [6.07, 6.45) is 3.39. The van der Waals surface area contributed by atoms with Crippen LogP contribution < -0.4 is 10.5 Å². The van der Waals surface area contributed by atoms with Gasteiger partial charge in [0, 0.05) is 18.0 Å². The number of aromatic amines is 1. The van der Waals surface area contributed by atoms with E-state index >= 15 is 0 Å². The molecular weight excluding hydrogens is 288 g/mol. The Labute approximate surface area is 125 Å². The number of fused-ring (bicyclic) bond motifs is 1. The molecule has 1 amide bonds. The third kappa shape index (κ3) is 3.22. The van der Waals surface area contributed by atoms with Crippen LogP contribution >= 0.6 is 0 Å². The average Bonchev–Trinajstić information content (AvgIpc) is 2.93. The summed E-state index contributed by atoms with van der Waals surface area (Å²) in [5.41, 5.74) is 5.91. The minimum absolute atomic E-state index is 0.106. The minimum atomic E-state index is -1.01. The number of nitrogens with zero attached hydrogens (tertiary/aromatic N) is 2. The second-order valence-electron chi connectivity index (χ2n) is 4.46. The van der Waals surface area contributed by atoms with Crippen molar-refractivity contribution in [2.45, 2.75) is 6.10 Å². The molecule has 0 aromatic carbocycles. The standard InChI is InChI=1S/C14H14N4O4/c15-4-8(13(16)21)3-9-5-18-14-12(9)11(1-2-17-14)22-7-10(20)6-19/h1-3,5,10,19-20H,6-7H2,(H2,16,21)(H,17,18). The lowest BCUT2D eigenvalue weighted by Gasteiger charge is -2.10. The van der Waals surface area contributed by atoms with Crippen LogP contribution in [0.4, 0.5) is 0 Å². The molecule has 0 saturated carbocycles. The lowest BCUT2D eigenvalue weighted by atomic mass is 10.1. The van der Waals surface area contributed by atoms with Gasteiger partial charge in [0.2, 0.25) is 0 Å². The molecule has 0 radical (unpaired) electrons. The Morgan fingerprint density at radius 2 is 2.41 bits per heavy atom. The van der Waals surface area contributed by atoms with Crippen LogP contribution in [0.1, 0.15) is 5.56 Å². The van der Waals surface area contributed by atoms with Crippen LogP contribution in [0.3, 0.4) is 0 Å². The van der Waals surface area contributed by atoms with Gasteiger partial charge in [-0.05, 0) is 12.1 Å². The summed E-state index contributed by atoms with van der Waals surface area (Å²) in [6.45, 7) is -0.529. The van der Waals surface area contributed by atoms with Gasteiger partial charge in [-0.1, -0.05) is 0 Å². The number of aliphatic hydroxyl groups is 2. The number of carbonyl (C=O) groups is 1. The average molecular weight is 302 g/mol. The number of nitrogens with one attached hydrogen (secondary N) is 1. The predicted molar refractivity (Wildman–Crippen MR) is 77.5 cm³/mol. The Bertz CT molecular complexity index is 760. The fraction of sp³-hybridized carbons (Fsp3) is 0.214. The molecule has 8 heteroatoms. The summed E-state index contributed by atoms with van der Waals surface area (Å²) in [5.74, 6) is -0.439. The quantitative estimate of drug-likeness (QED) is 0.425. The summed E-state index contributed by atoms with van der Waals surface area (Å²) < 4.78 is 5.45. The van der Waals surface area contributed by atoms with Gasteiger partial charge in [0.15, 0.2) is 0 Å². The highest BCUT2D eigenvalue weighted by Crippen LogP contribution is 2.28. The molecule has 0 fully saturated rings. The molecule has 1 unspecified atom stereocenters. The zero-order valence-corrected chi connectivity index (χ0v) is 11.5. The highest BCUT2D eigenvalue weighted by molar-refractivity contribution is 6.03. The first-order valence-electron chi connectivity index (χ1n) is 6.36. The van der Waals surface area contributed by atoms with Crippen molar-refractivity contribution < 1.29 is 19.7 Å². The molecular formula is C14H14N4O4. The number of ether oxygens (including phenoxy) is 1. The summed E-state index contributed by atoms with van der Waals surface area (Å²) in [6, 6.07) is 3.30. The van der Waals surface area contributed by atoms with Crippen LogP contribution in [0.2, 0.25) is 0 Å². The number of carbonyl (C=O) groups excluding carboxylic acids is 1. The van der Waals surface area contributed by atoms with Crippen LogP contribution in [0.15, 0.2) is 24.0 Å². The largest absolute Gasteiger partial charge is 0.490 e. The summed E-state index contributed by atoms with van der Waals surface area (Å²) in [4.78, 5) is 18.1. The van der Waals surface area contributed by atoms with Crippen LogP contribution in [0, 0.1) is 11.3 Å². The number of aliphatic hydroxyl groups excluding tert-OH is 2. The number of nitriles is 1. The van der Waals surface area contributed by atoms with Gasteiger partial charge in [-0.3, -0.25) is 4.79 Å². The fourth-order valence-corrected chi connectivity index (χ4v) is 1.84. The second kappa shape index (κ2) is 6.71. The number of hydrogen-bond acceptors (Lipinski definition) is 6. The molecule has 5 N–H and O–H groups in total. The van der Waals surface area contributed by atoms with Gasteiger partial charge in [0.1, 0.15) is 35.7 Å². The molecule has 0 aliphatic carbocycles. The van der Waals surface area contributed by atoms with Crippen LogP contribution in [0.25, 0.3) is 17.1 Å². The van der Waals surface area contributed by atoms with Crippen molar-refractivity contribution >= 4 is 23.0 Å². The molecule has 2 aromatic rings. The van der Waals surface area contributed by atoms with Gasteiger partial charge < -0.3 is 25.7 Å². The molecule has 0 aliphatic rings. The van der Waals surface area contributed by atoms with Crippen molar-refractivity contribution in [3.63, 3.8) is 0 Å². The summed E-state index contributed by atoms with van der Waals surface area (Å²) in [7, 11) is 0. The first-order chi connectivity index (χ1) is 10.6. The van der Waals surface area contributed by atoms with E-state index in [4.69, 9.17) is 20.8 Å². The fourth-order valence-electron chi connectivity index (χ4n) is 1.84. The molecule has 1 atom stereocenters.